The summed E-state index contributed by atoms with van der Waals surface area (Å²) in [6.45, 7) is 2.10. The van der Waals surface area contributed by atoms with Crippen molar-refractivity contribution in [2.75, 3.05) is 12.8 Å². The fraction of sp³-hybridized carbons (Fsp3) is 0.231. The number of anilines is 1. The van der Waals surface area contributed by atoms with Crippen LogP contribution < -0.4 is 5.73 Å². The molecular formula is C13H15FN2O2S2. The van der Waals surface area contributed by atoms with E-state index in [4.69, 9.17) is 5.73 Å². The van der Waals surface area contributed by atoms with Gasteiger partial charge in [0.05, 0.1) is 5.69 Å². The fourth-order valence-corrected chi connectivity index (χ4v) is 4.14. The summed E-state index contributed by atoms with van der Waals surface area (Å²) in [5.74, 6) is -0.834. The highest BCUT2D eigenvalue weighted by Crippen LogP contribution is 2.27. The summed E-state index contributed by atoms with van der Waals surface area (Å²) in [4.78, 5) is 0.461. The first-order chi connectivity index (χ1) is 9.34. The standard InChI is InChI=1S/C13H15FN2O2S2/c1-9-6-7-19-12(9)8-16(2)20(17,18)13-10(14)4-3-5-11(13)15/h3-7H,8,15H2,1-2H3. The van der Waals surface area contributed by atoms with Crippen molar-refractivity contribution in [2.45, 2.75) is 18.4 Å². The molecule has 1 aromatic heterocycles. The average molecular weight is 314 g/mol. The monoisotopic (exact) mass is 314 g/mol. The molecule has 0 aliphatic heterocycles. The lowest BCUT2D eigenvalue weighted by atomic mass is 10.3. The van der Waals surface area contributed by atoms with Crippen molar-refractivity contribution in [3.05, 3.63) is 45.9 Å². The van der Waals surface area contributed by atoms with Crippen LogP contribution in [0.4, 0.5) is 10.1 Å². The highest BCUT2D eigenvalue weighted by molar-refractivity contribution is 7.89. The van der Waals surface area contributed by atoms with Gasteiger partial charge in [0.2, 0.25) is 10.0 Å². The molecule has 4 nitrogen and oxygen atoms in total. The Labute approximate surface area is 121 Å². The van der Waals surface area contributed by atoms with Crippen molar-refractivity contribution in [1.82, 2.24) is 4.31 Å². The second kappa shape index (κ2) is 5.51. The van der Waals surface area contributed by atoms with Crippen molar-refractivity contribution in [1.29, 1.82) is 0 Å². The highest BCUT2D eigenvalue weighted by atomic mass is 32.2. The third kappa shape index (κ3) is 2.70. The van der Waals surface area contributed by atoms with Gasteiger partial charge in [-0.3, -0.25) is 0 Å². The zero-order valence-electron chi connectivity index (χ0n) is 11.1. The van der Waals surface area contributed by atoms with E-state index in [0.29, 0.717) is 0 Å². The number of hydrogen-bond acceptors (Lipinski definition) is 4. The van der Waals surface area contributed by atoms with Crippen LogP contribution in [0, 0.1) is 12.7 Å². The Balaban J connectivity index is 2.38. The van der Waals surface area contributed by atoms with Crippen LogP contribution in [-0.2, 0) is 16.6 Å². The number of hydrogen-bond donors (Lipinski definition) is 1. The Bertz CT molecular complexity index is 705. The predicted molar refractivity (Wildman–Crippen MR) is 78.5 cm³/mol. The maximum atomic E-state index is 13.8. The molecule has 108 valence electrons. The van der Waals surface area contributed by atoms with Gasteiger partial charge in [-0.2, -0.15) is 4.31 Å². The second-order valence-electron chi connectivity index (χ2n) is 4.45. The van der Waals surface area contributed by atoms with Crippen LogP contribution >= 0.6 is 11.3 Å². The Morgan fingerprint density at radius 1 is 1.35 bits per heavy atom. The molecule has 2 aromatic rings. The van der Waals surface area contributed by atoms with E-state index >= 15 is 0 Å². The van der Waals surface area contributed by atoms with Crippen LogP contribution in [0.15, 0.2) is 34.5 Å². The Morgan fingerprint density at radius 2 is 2.05 bits per heavy atom. The molecule has 1 aromatic carbocycles. The summed E-state index contributed by atoms with van der Waals surface area (Å²) in [6.07, 6.45) is 0. The Morgan fingerprint density at radius 3 is 2.60 bits per heavy atom. The normalized spacial score (nSPS) is 12.0. The number of benzene rings is 1. The first-order valence-electron chi connectivity index (χ1n) is 5.87. The third-order valence-electron chi connectivity index (χ3n) is 3.00. The molecule has 1 heterocycles. The van der Waals surface area contributed by atoms with Crippen molar-refractivity contribution in [3.8, 4) is 0 Å². The molecule has 2 rings (SSSR count). The van der Waals surface area contributed by atoms with Crippen LogP contribution in [0.2, 0.25) is 0 Å². The highest BCUT2D eigenvalue weighted by Gasteiger charge is 2.27. The van der Waals surface area contributed by atoms with Gasteiger partial charge >= 0.3 is 0 Å². The van der Waals surface area contributed by atoms with Crippen molar-refractivity contribution < 1.29 is 12.8 Å². The van der Waals surface area contributed by atoms with Gasteiger partial charge in [-0.1, -0.05) is 6.07 Å². The maximum Gasteiger partial charge on any atom is 0.248 e. The summed E-state index contributed by atoms with van der Waals surface area (Å²) in [5, 5.41) is 1.89. The van der Waals surface area contributed by atoms with E-state index in [0.717, 1.165) is 20.8 Å². The minimum absolute atomic E-state index is 0.0836. The van der Waals surface area contributed by atoms with Gasteiger partial charge in [-0.15, -0.1) is 11.3 Å². The molecule has 0 saturated carbocycles. The minimum Gasteiger partial charge on any atom is -0.398 e. The Hall–Kier alpha value is -1.44. The predicted octanol–water partition coefficient (Wildman–Crippen LogP) is 2.60. The molecule has 0 spiro atoms. The number of sulfonamides is 1. The molecule has 20 heavy (non-hydrogen) atoms. The number of nitrogen functional groups attached to an aromatic ring is 1. The molecule has 0 aliphatic rings. The first kappa shape index (κ1) is 15.0. The van der Waals surface area contributed by atoms with E-state index in [-0.39, 0.29) is 12.2 Å². The molecule has 0 radical (unpaired) electrons. The van der Waals surface area contributed by atoms with Gasteiger partial charge < -0.3 is 5.73 Å². The smallest absolute Gasteiger partial charge is 0.248 e. The molecule has 0 saturated heterocycles. The van der Waals surface area contributed by atoms with Gasteiger partial charge in [-0.25, -0.2) is 12.8 Å². The SMILES string of the molecule is Cc1ccsc1CN(C)S(=O)(=O)c1c(N)cccc1F. The maximum absolute atomic E-state index is 13.8. The van der Waals surface area contributed by atoms with E-state index in [9.17, 15) is 12.8 Å². The van der Waals surface area contributed by atoms with E-state index in [1.165, 1.54) is 30.5 Å². The second-order valence-corrected chi connectivity index (χ2v) is 7.43. The molecule has 0 amide bonds. The lowest BCUT2D eigenvalue weighted by molar-refractivity contribution is 0.462. The van der Waals surface area contributed by atoms with Crippen molar-refractivity contribution in [2.24, 2.45) is 0 Å². The third-order valence-corrected chi connectivity index (χ3v) is 5.90. The molecule has 0 unspecified atom stereocenters. The van der Waals surface area contributed by atoms with E-state index < -0.39 is 20.7 Å². The molecule has 2 N–H and O–H groups in total. The molecule has 0 atom stereocenters. The zero-order valence-corrected chi connectivity index (χ0v) is 12.8. The van der Waals surface area contributed by atoms with Crippen LogP contribution in [0.25, 0.3) is 0 Å². The topological polar surface area (TPSA) is 63.4 Å². The van der Waals surface area contributed by atoms with Crippen molar-refractivity contribution >= 4 is 27.0 Å². The van der Waals surface area contributed by atoms with Gasteiger partial charge in [-0.05, 0) is 36.1 Å². The number of halogens is 1. The zero-order chi connectivity index (χ0) is 14.9. The van der Waals surface area contributed by atoms with Crippen LogP contribution in [-0.4, -0.2) is 19.8 Å². The first-order valence-corrected chi connectivity index (χ1v) is 8.19. The average Bonchev–Trinajstić information content (AvgIpc) is 2.74. The lowest BCUT2D eigenvalue weighted by Gasteiger charge is -2.18. The molecule has 7 heteroatoms. The largest absolute Gasteiger partial charge is 0.398 e. The van der Waals surface area contributed by atoms with Gasteiger partial charge in [0.1, 0.15) is 10.7 Å². The molecule has 0 fully saturated rings. The summed E-state index contributed by atoms with van der Waals surface area (Å²) in [5.41, 5.74) is 6.53. The summed E-state index contributed by atoms with van der Waals surface area (Å²) < 4.78 is 39.7. The van der Waals surface area contributed by atoms with E-state index in [2.05, 4.69) is 0 Å². The quantitative estimate of drug-likeness (QED) is 0.882. The van der Waals surface area contributed by atoms with E-state index in [1.807, 2.05) is 18.4 Å². The van der Waals surface area contributed by atoms with Crippen LogP contribution in [0.5, 0.6) is 0 Å². The molecule has 0 bridgehead atoms. The van der Waals surface area contributed by atoms with Gasteiger partial charge in [0, 0.05) is 18.5 Å². The lowest BCUT2D eigenvalue weighted by Crippen LogP contribution is -2.28. The molecular weight excluding hydrogens is 299 g/mol. The van der Waals surface area contributed by atoms with Crippen LogP contribution in [0.1, 0.15) is 10.4 Å². The van der Waals surface area contributed by atoms with Crippen LogP contribution in [0.3, 0.4) is 0 Å². The number of nitrogens with two attached hydrogens (primary N) is 1. The van der Waals surface area contributed by atoms with Crippen molar-refractivity contribution in [3.63, 3.8) is 0 Å². The van der Waals surface area contributed by atoms with Gasteiger partial charge in [0.15, 0.2) is 0 Å². The summed E-state index contributed by atoms with van der Waals surface area (Å²) in [6, 6.07) is 5.76. The number of aryl methyl sites for hydroxylation is 1. The van der Waals surface area contributed by atoms with Gasteiger partial charge in [0.25, 0.3) is 0 Å². The number of rotatable bonds is 4. The molecule has 0 aliphatic carbocycles. The number of thiophene rings is 1. The van der Waals surface area contributed by atoms with E-state index in [1.54, 1.807) is 0 Å². The fourth-order valence-electron chi connectivity index (χ4n) is 1.81. The Kier molecular flexibility index (Phi) is 4.12. The summed E-state index contributed by atoms with van der Waals surface area (Å²) >= 11 is 1.47. The minimum atomic E-state index is -3.95. The number of nitrogens with zero attached hydrogens (tertiary/aromatic N) is 1. The summed E-state index contributed by atoms with van der Waals surface area (Å²) in [7, 11) is -2.54.